The van der Waals surface area contributed by atoms with Crippen LogP contribution in [0.4, 0.5) is 0 Å². The maximum atomic E-state index is 11.4. The van der Waals surface area contributed by atoms with Crippen molar-refractivity contribution in [3.63, 3.8) is 0 Å². The van der Waals surface area contributed by atoms with E-state index >= 15 is 0 Å². The lowest BCUT2D eigenvalue weighted by molar-refractivity contribution is 0.0600. The molecule has 1 N–H and O–H groups in total. The fourth-order valence-corrected chi connectivity index (χ4v) is 2.86. The third-order valence-electron chi connectivity index (χ3n) is 2.70. The molecule has 1 aromatic carbocycles. The summed E-state index contributed by atoms with van der Waals surface area (Å²) < 4.78 is 5.60. The Labute approximate surface area is 124 Å². The van der Waals surface area contributed by atoms with Crippen LogP contribution in [0.25, 0.3) is 0 Å². The number of halogens is 1. The van der Waals surface area contributed by atoms with Gasteiger partial charge in [-0.2, -0.15) is 11.3 Å². The topological polar surface area (TPSA) is 38.3 Å². The van der Waals surface area contributed by atoms with Gasteiger partial charge in [0.15, 0.2) is 0 Å². The largest absolute Gasteiger partial charge is 0.465 e. The number of methoxy groups -OCH3 is 1. The third-order valence-corrected chi connectivity index (χ3v) is 4.17. The van der Waals surface area contributed by atoms with Crippen LogP contribution in [0.15, 0.2) is 39.5 Å². The van der Waals surface area contributed by atoms with Crippen LogP contribution >= 0.6 is 27.3 Å². The first-order chi connectivity index (χ1) is 9.20. The molecule has 0 aliphatic carbocycles. The fraction of sp³-hybridized carbons (Fsp3) is 0.214. The lowest BCUT2D eigenvalue weighted by Crippen LogP contribution is -2.13. The van der Waals surface area contributed by atoms with E-state index < -0.39 is 0 Å². The smallest absolute Gasteiger partial charge is 0.337 e. The van der Waals surface area contributed by atoms with Crippen molar-refractivity contribution in [2.45, 2.75) is 13.1 Å². The van der Waals surface area contributed by atoms with E-state index in [-0.39, 0.29) is 5.97 Å². The Morgan fingerprint density at radius 1 is 1.37 bits per heavy atom. The number of ether oxygens (including phenoxy) is 1. The molecule has 0 saturated heterocycles. The summed E-state index contributed by atoms with van der Waals surface area (Å²) in [5, 5.41) is 7.56. The minimum absolute atomic E-state index is 0.321. The zero-order valence-corrected chi connectivity index (χ0v) is 12.9. The van der Waals surface area contributed by atoms with Crippen LogP contribution in [0.3, 0.4) is 0 Å². The quantitative estimate of drug-likeness (QED) is 0.846. The van der Waals surface area contributed by atoms with Crippen molar-refractivity contribution in [1.29, 1.82) is 0 Å². The summed E-state index contributed by atoms with van der Waals surface area (Å²) >= 11 is 5.17. The molecule has 2 rings (SSSR count). The van der Waals surface area contributed by atoms with Gasteiger partial charge in [0.25, 0.3) is 0 Å². The normalized spacial score (nSPS) is 10.4. The Bertz CT molecular complexity index is 555. The molecule has 0 spiro atoms. The monoisotopic (exact) mass is 339 g/mol. The SMILES string of the molecule is COC(=O)c1ccc(CNCc2ccsc2)c(Br)c1. The van der Waals surface area contributed by atoms with E-state index in [1.165, 1.54) is 12.7 Å². The van der Waals surface area contributed by atoms with Gasteiger partial charge in [0.2, 0.25) is 0 Å². The highest BCUT2D eigenvalue weighted by Gasteiger charge is 2.08. The van der Waals surface area contributed by atoms with E-state index in [9.17, 15) is 4.79 Å². The van der Waals surface area contributed by atoms with Crippen molar-refractivity contribution in [2.75, 3.05) is 7.11 Å². The molecule has 2 aromatic rings. The molecule has 0 atom stereocenters. The van der Waals surface area contributed by atoms with Gasteiger partial charge in [-0.3, -0.25) is 0 Å². The third kappa shape index (κ3) is 3.89. The summed E-state index contributed by atoms with van der Waals surface area (Å²) in [6.07, 6.45) is 0. The zero-order valence-electron chi connectivity index (χ0n) is 10.5. The van der Waals surface area contributed by atoms with Crippen LogP contribution in [0.5, 0.6) is 0 Å². The second kappa shape index (κ2) is 6.84. The van der Waals surface area contributed by atoms with Crippen molar-refractivity contribution in [1.82, 2.24) is 5.32 Å². The van der Waals surface area contributed by atoms with Crippen LogP contribution in [0.2, 0.25) is 0 Å². The average Bonchev–Trinajstić information content (AvgIpc) is 2.93. The van der Waals surface area contributed by atoms with Gasteiger partial charge in [-0.05, 0) is 40.1 Å². The Balaban J connectivity index is 1.95. The molecule has 0 unspecified atom stereocenters. The molecular formula is C14H14BrNO2S. The van der Waals surface area contributed by atoms with E-state index in [0.717, 1.165) is 23.1 Å². The van der Waals surface area contributed by atoms with Crippen LogP contribution in [-0.2, 0) is 17.8 Å². The van der Waals surface area contributed by atoms with Crippen molar-refractivity contribution < 1.29 is 9.53 Å². The Morgan fingerprint density at radius 3 is 2.84 bits per heavy atom. The van der Waals surface area contributed by atoms with Gasteiger partial charge >= 0.3 is 5.97 Å². The minimum Gasteiger partial charge on any atom is -0.465 e. The van der Waals surface area contributed by atoms with Crippen LogP contribution in [0, 0.1) is 0 Å². The number of carbonyl (C=O) groups is 1. The highest BCUT2D eigenvalue weighted by Crippen LogP contribution is 2.19. The molecule has 0 aliphatic rings. The molecular weight excluding hydrogens is 326 g/mol. The number of esters is 1. The van der Waals surface area contributed by atoms with E-state index in [1.807, 2.05) is 6.07 Å². The maximum Gasteiger partial charge on any atom is 0.337 e. The summed E-state index contributed by atoms with van der Waals surface area (Å²) in [5.74, 6) is -0.321. The predicted molar refractivity (Wildman–Crippen MR) is 80.3 cm³/mol. The van der Waals surface area contributed by atoms with Crippen LogP contribution in [0.1, 0.15) is 21.5 Å². The number of thiophene rings is 1. The molecule has 5 heteroatoms. The fourth-order valence-electron chi connectivity index (χ4n) is 1.67. The van der Waals surface area contributed by atoms with Crippen molar-refractivity contribution in [2.24, 2.45) is 0 Å². The number of hydrogen-bond acceptors (Lipinski definition) is 4. The number of carbonyl (C=O) groups excluding carboxylic acids is 1. The number of benzene rings is 1. The standard InChI is InChI=1S/C14H14BrNO2S/c1-18-14(17)11-2-3-12(13(15)6-11)8-16-7-10-4-5-19-9-10/h2-6,9,16H,7-8H2,1H3. The second-order valence-corrected chi connectivity index (χ2v) is 5.67. The molecule has 1 heterocycles. The van der Waals surface area contributed by atoms with E-state index in [0.29, 0.717) is 5.56 Å². The summed E-state index contributed by atoms with van der Waals surface area (Å²) in [5.41, 5.74) is 2.95. The lowest BCUT2D eigenvalue weighted by atomic mass is 10.1. The summed E-state index contributed by atoms with van der Waals surface area (Å²) in [4.78, 5) is 11.4. The Hall–Kier alpha value is -1.17. The molecule has 3 nitrogen and oxygen atoms in total. The highest BCUT2D eigenvalue weighted by atomic mass is 79.9. The molecule has 0 fully saturated rings. The number of hydrogen-bond donors (Lipinski definition) is 1. The van der Waals surface area contributed by atoms with Gasteiger partial charge in [0.1, 0.15) is 0 Å². The van der Waals surface area contributed by atoms with Crippen molar-refractivity contribution in [3.8, 4) is 0 Å². The first-order valence-electron chi connectivity index (χ1n) is 5.79. The molecule has 100 valence electrons. The maximum absolute atomic E-state index is 11.4. The van der Waals surface area contributed by atoms with Crippen LogP contribution < -0.4 is 5.32 Å². The van der Waals surface area contributed by atoms with Gasteiger partial charge in [0.05, 0.1) is 12.7 Å². The summed E-state index contributed by atoms with van der Waals surface area (Å²) in [6.45, 7) is 1.59. The van der Waals surface area contributed by atoms with Gasteiger partial charge in [-0.25, -0.2) is 4.79 Å². The van der Waals surface area contributed by atoms with E-state index in [1.54, 1.807) is 23.5 Å². The summed E-state index contributed by atoms with van der Waals surface area (Å²) in [6, 6.07) is 7.59. The van der Waals surface area contributed by atoms with Gasteiger partial charge < -0.3 is 10.1 Å². The van der Waals surface area contributed by atoms with Crippen molar-refractivity contribution >= 4 is 33.2 Å². The predicted octanol–water partition coefficient (Wildman–Crippen LogP) is 3.59. The molecule has 0 aliphatic heterocycles. The lowest BCUT2D eigenvalue weighted by Gasteiger charge is -2.07. The van der Waals surface area contributed by atoms with Crippen LogP contribution in [-0.4, -0.2) is 13.1 Å². The molecule has 0 saturated carbocycles. The first-order valence-corrected chi connectivity index (χ1v) is 7.53. The molecule has 19 heavy (non-hydrogen) atoms. The highest BCUT2D eigenvalue weighted by molar-refractivity contribution is 9.10. The Morgan fingerprint density at radius 2 is 2.21 bits per heavy atom. The first kappa shape index (κ1) is 14.2. The molecule has 0 radical (unpaired) electrons. The second-order valence-electron chi connectivity index (χ2n) is 4.03. The number of nitrogens with one attached hydrogen (secondary N) is 1. The van der Waals surface area contributed by atoms with E-state index in [4.69, 9.17) is 0 Å². The molecule has 0 bridgehead atoms. The molecule has 0 amide bonds. The zero-order chi connectivity index (χ0) is 13.7. The minimum atomic E-state index is -0.321. The van der Waals surface area contributed by atoms with Crippen molar-refractivity contribution in [3.05, 3.63) is 56.2 Å². The number of rotatable bonds is 5. The van der Waals surface area contributed by atoms with Gasteiger partial charge in [0, 0.05) is 17.6 Å². The summed E-state index contributed by atoms with van der Waals surface area (Å²) in [7, 11) is 1.38. The van der Waals surface area contributed by atoms with Gasteiger partial charge in [-0.15, -0.1) is 0 Å². The van der Waals surface area contributed by atoms with Gasteiger partial charge in [-0.1, -0.05) is 22.0 Å². The average molecular weight is 340 g/mol. The molecule has 1 aromatic heterocycles. The Kier molecular flexibility index (Phi) is 5.13. The van der Waals surface area contributed by atoms with E-state index in [2.05, 4.69) is 42.8 Å².